The minimum Gasteiger partial charge on any atom is -0.478 e. The summed E-state index contributed by atoms with van der Waals surface area (Å²) in [6, 6.07) is 9.23. The lowest BCUT2D eigenvalue weighted by Gasteiger charge is -2.00. The van der Waals surface area contributed by atoms with E-state index >= 15 is 0 Å². The smallest absolute Gasteiger partial charge is 0.337 e. The number of benzene rings is 1. The summed E-state index contributed by atoms with van der Waals surface area (Å²) in [4.78, 5) is 22.6. The Morgan fingerprint density at radius 3 is 2.15 bits per heavy atom. The molecule has 0 fully saturated rings. The summed E-state index contributed by atoms with van der Waals surface area (Å²) in [6.45, 7) is 0. The fourth-order valence-electron chi connectivity index (χ4n) is 1.59. The van der Waals surface area contributed by atoms with Gasteiger partial charge in [0, 0.05) is 4.88 Å². The zero-order chi connectivity index (χ0) is 14.7. The zero-order valence-electron chi connectivity index (χ0n) is 10.0. The topological polar surface area (TPSA) is 74.6 Å². The minimum atomic E-state index is -1.06. The first-order chi connectivity index (χ1) is 9.47. The van der Waals surface area contributed by atoms with Gasteiger partial charge in [-0.2, -0.15) is 0 Å². The van der Waals surface area contributed by atoms with Crippen molar-refractivity contribution in [3.63, 3.8) is 0 Å². The van der Waals surface area contributed by atoms with Crippen LogP contribution in [0, 0.1) is 0 Å². The summed E-state index contributed by atoms with van der Waals surface area (Å²) >= 11 is 6.97. The maximum atomic E-state index is 11.3. The molecule has 102 valence electrons. The highest BCUT2D eigenvalue weighted by Gasteiger charge is 2.13. The average Bonchev–Trinajstić information content (AvgIpc) is 2.82. The van der Waals surface area contributed by atoms with Gasteiger partial charge in [-0.25, -0.2) is 9.59 Å². The van der Waals surface area contributed by atoms with Gasteiger partial charge >= 0.3 is 11.9 Å². The molecule has 0 aliphatic rings. The van der Waals surface area contributed by atoms with E-state index in [1.165, 1.54) is 29.5 Å². The standard InChI is InChI=1S/C14H9ClO4S/c15-12-6-5-11(20-12)10(14(18)19)7-8-1-3-9(4-2-8)13(16)17/h1-7H,(H,16,17)(H,18,19)/b10-7-. The normalized spacial score (nSPS) is 11.3. The van der Waals surface area contributed by atoms with Crippen LogP contribution in [-0.4, -0.2) is 22.2 Å². The molecule has 2 aromatic rings. The first kappa shape index (κ1) is 14.3. The van der Waals surface area contributed by atoms with Gasteiger partial charge in [0.05, 0.1) is 15.5 Å². The van der Waals surface area contributed by atoms with Crippen molar-refractivity contribution in [1.29, 1.82) is 0 Å². The van der Waals surface area contributed by atoms with Crippen molar-refractivity contribution < 1.29 is 19.8 Å². The van der Waals surface area contributed by atoms with Gasteiger partial charge in [-0.15, -0.1) is 11.3 Å². The number of carboxylic acid groups (broad SMARTS) is 2. The molecule has 0 amide bonds. The van der Waals surface area contributed by atoms with E-state index in [1.807, 2.05) is 0 Å². The second kappa shape index (κ2) is 5.90. The van der Waals surface area contributed by atoms with Crippen LogP contribution in [0.25, 0.3) is 11.6 Å². The van der Waals surface area contributed by atoms with E-state index < -0.39 is 11.9 Å². The van der Waals surface area contributed by atoms with E-state index in [0.717, 1.165) is 0 Å². The minimum absolute atomic E-state index is 0.116. The van der Waals surface area contributed by atoms with Gasteiger partial charge in [0.15, 0.2) is 0 Å². The van der Waals surface area contributed by atoms with Crippen LogP contribution < -0.4 is 0 Å². The molecular weight excluding hydrogens is 300 g/mol. The molecule has 1 aromatic heterocycles. The van der Waals surface area contributed by atoms with Crippen LogP contribution in [0.2, 0.25) is 4.34 Å². The molecule has 0 saturated carbocycles. The number of thiophene rings is 1. The lowest BCUT2D eigenvalue weighted by Crippen LogP contribution is -1.98. The lowest BCUT2D eigenvalue weighted by molar-refractivity contribution is -0.130. The molecule has 2 N–H and O–H groups in total. The van der Waals surface area contributed by atoms with Crippen LogP contribution in [0.5, 0.6) is 0 Å². The summed E-state index contributed by atoms with van der Waals surface area (Å²) in [6.07, 6.45) is 1.48. The van der Waals surface area contributed by atoms with E-state index in [4.69, 9.17) is 16.7 Å². The Morgan fingerprint density at radius 1 is 1.05 bits per heavy atom. The number of hydrogen-bond acceptors (Lipinski definition) is 3. The molecule has 0 unspecified atom stereocenters. The number of carboxylic acids is 2. The summed E-state index contributed by atoms with van der Waals surface area (Å²) < 4.78 is 0.508. The van der Waals surface area contributed by atoms with Crippen molar-refractivity contribution in [2.75, 3.05) is 0 Å². The summed E-state index contributed by atoms with van der Waals surface area (Å²) in [5, 5.41) is 18.0. The van der Waals surface area contributed by atoms with Crippen LogP contribution in [0.15, 0.2) is 36.4 Å². The first-order valence-corrected chi connectivity index (χ1v) is 6.71. The third kappa shape index (κ3) is 3.26. The first-order valence-electron chi connectivity index (χ1n) is 5.51. The van der Waals surface area contributed by atoms with E-state index in [9.17, 15) is 14.7 Å². The molecule has 0 radical (unpaired) electrons. The van der Waals surface area contributed by atoms with Gasteiger partial charge in [0.1, 0.15) is 0 Å². The Labute approximate surface area is 123 Å². The van der Waals surface area contributed by atoms with Gasteiger partial charge in [-0.1, -0.05) is 23.7 Å². The SMILES string of the molecule is O=C(O)/C(=C\c1ccc(C(=O)O)cc1)c1ccc(Cl)s1. The van der Waals surface area contributed by atoms with Crippen LogP contribution >= 0.6 is 22.9 Å². The van der Waals surface area contributed by atoms with Crippen LogP contribution in [0.1, 0.15) is 20.8 Å². The molecule has 2 rings (SSSR count). The van der Waals surface area contributed by atoms with Crippen molar-refractivity contribution in [1.82, 2.24) is 0 Å². The van der Waals surface area contributed by atoms with E-state index in [0.29, 0.717) is 14.8 Å². The molecule has 0 atom stereocenters. The number of aromatic carboxylic acids is 1. The Balaban J connectivity index is 2.39. The molecule has 0 aliphatic carbocycles. The van der Waals surface area contributed by atoms with E-state index in [2.05, 4.69) is 0 Å². The third-order valence-electron chi connectivity index (χ3n) is 2.54. The fraction of sp³-hybridized carbons (Fsp3) is 0. The predicted molar refractivity (Wildman–Crippen MR) is 78.2 cm³/mol. The summed E-state index contributed by atoms with van der Waals surface area (Å²) in [5.74, 6) is -2.09. The second-order valence-electron chi connectivity index (χ2n) is 3.89. The van der Waals surface area contributed by atoms with Crippen LogP contribution in [0.3, 0.4) is 0 Å². The highest BCUT2D eigenvalue weighted by molar-refractivity contribution is 7.17. The van der Waals surface area contributed by atoms with Gasteiger partial charge in [0.25, 0.3) is 0 Å². The monoisotopic (exact) mass is 308 g/mol. The lowest BCUT2D eigenvalue weighted by atomic mass is 10.1. The van der Waals surface area contributed by atoms with Crippen molar-refractivity contribution in [3.8, 4) is 0 Å². The van der Waals surface area contributed by atoms with Crippen molar-refractivity contribution in [2.45, 2.75) is 0 Å². The molecule has 6 heteroatoms. The Kier molecular flexibility index (Phi) is 4.22. The van der Waals surface area contributed by atoms with Crippen molar-refractivity contribution in [3.05, 3.63) is 56.7 Å². The van der Waals surface area contributed by atoms with Crippen molar-refractivity contribution >= 4 is 46.5 Å². The molecule has 1 aromatic carbocycles. The highest BCUT2D eigenvalue weighted by atomic mass is 35.5. The molecule has 0 saturated heterocycles. The highest BCUT2D eigenvalue weighted by Crippen LogP contribution is 2.29. The molecule has 0 aliphatic heterocycles. The average molecular weight is 309 g/mol. The van der Waals surface area contributed by atoms with Gasteiger partial charge in [-0.3, -0.25) is 0 Å². The number of carbonyl (C=O) groups is 2. The Morgan fingerprint density at radius 2 is 1.70 bits per heavy atom. The number of hydrogen-bond donors (Lipinski definition) is 2. The summed E-state index contributed by atoms with van der Waals surface area (Å²) in [5.41, 5.74) is 0.875. The molecule has 1 heterocycles. The maximum Gasteiger partial charge on any atom is 0.337 e. The fourth-order valence-corrected chi connectivity index (χ4v) is 2.64. The zero-order valence-corrected chi connectivity index (χ0v) is 11.6. The molecule has 0 bridgehead atoms. The quantitative estimate of drug-likeness (QED) is 0.844. The molecule has 4 nitrogen and oxygen atoms in total. The predicted octanol–water partition coefficient (Wildman–Crippen LogP) is 3.72. The van der Waals surface area contributed by atoms with Gasteiger partial charge in [0.2, 0.25) is 0 Å². The third-order valence-corrected chi connectivity index (χ3v) is 3.80. The number of aliphatic carboxylic acids is 1. The largest absolute Gasteiger partial charge is 0.478 e. The summed E-state index contributed by atoms with van der Waals surface area (Å²) in [7, 11) is 0. The van der Waals surface area contributed by atoms with Gasteiger partial charge < -0.3 is 10.2 Å². The Hall–Kier alpha value is -2.11. The van der Waals surface area contributed by atoms with Crippen molar-refractivity contribution in [2.24, 2.45) is 0 Å². The number of halogens is 1. The number of rotatable bonds is 4. The van der Waals surface area contributed by atoms with Gasteiger partial charge in [-0.05, 0) is 35.9 Å². The molecule has 20 heavy (non-hydrogen) atoms. The maximum absolute atomic E-state index is 11.3. The van der Waals surface area contributed by atoms with E-state index in [1.54, 1.807) is 24.3 Å². The Bertz CT molecular complexity index is 685. The molecule has 0 spiro atoms. The molecular formula is C14H9ClO4S. The second-order valence-corrected chi connectivity index (χ2v) is 5.61. The van der Waals surface area contributed by atoms with Crippen LogP contribution in [-0.2, 0) is 4.79 Å². The van der Waals surface area contributed by atoms with Crippen LogP contribution in [0.4, 0.5) is 0 Å². The van der Waals surface area contributed by atoms with E-state index in [-0.39, 0.29) is 11.1 Å².